The monoisotopic (exact) mass is 166 g/mol. The van der Waals surface area contributed by atoms with Gasteiger partial charge in [0.2, 0.25) is 5.69 Å². The fraction of sp³-hybridized carbons (Fsp3) is 0. The first-order valence-corrected chi connectivity index (χ1v) is 3.07. The Morgan fingerprint density at radius 2 is 2.33 bits per heavy atom. The lowest BCUT2D eigenvalue weighted by molar-refractivity contribution is -0.389. The van der Waals surface area contributed by atoms with Crippen molar-refractivity contribution in [1.29, 1.82) is 5.41 Å². The van der Waals surface area contributed by atoms with Gasteiger partial charge in [-0.05, 0) is 22.0 Å². The Hall–Kier alpha value is -1.98. The maximum atomic E-state index is 10.2. The minimum atomic E-state index is -0.632. The molecule has 1 aromatic heterocycles. The molecule has 0 fully saturated rings. The van der Waals surface area contributed by atoms with E-state index in [0.717, 1.165) is 0 Å². The van der Waals surface area contributed by atoms with Crippen LogP contribution in [0.15, 0.2) is 18.2 Å². The second kappa shape index (κ2) is 2.95. The number of hydrogen-bond donors (Lipinski definition) is 2. The van der Waals surface area contributed by atoms with E-state index < -0.39 is 4.92 Å². The fourth-order valence-corrected chi connectivity index (χ4v) is 0.675. The number of nitro groups is 1. The molecular formula is C6H6N4O2. The maximum absolute atomic E-state index is 10.2. The molecule has 0 radical (unpaired) electrons. The summed E-state index contributed by atoms with van der Waals surface area (Å²) in [4.78, 5) is 13.1. The summed E-state index contributed by atoms with van der Waals surface area (Å²) in [6.07, 6.45) is 0. The van der Waals surface area contributed by atoms with Crippen LogP contribution < -0.4 is 5.73 Å². The Kier molecular flexibility index (Phi) is 2.00. The average molecular weight is 166 g/mol. The first kappa shape index (κ1) is 8.12. The van der Waals surface area contributed by atoms with Crippen LogP contribution in [0.25, 0.3) is 0 Å². The van der Waals surface area contributed by atoms with Gasteiger partial charge in [-0.25, -0.2) is 0 Å². The van der Waals surface area contributed by atoms with Crippen molar-refractivity contribution in [2.45, 2.75) is 0 Å². The van der Waals surface area contributed by atoms with E-state index in [1.807, 2.05) is 0 Å². The quantitative estimate of drug-likeness (QED) is 0.284. The average Bonchev–Trinajstić information content (AvgIpc) is 2.04. The molecule has 62 valence electrons. The van der Waals surface area contributed by atoms with E-state index >= 15 is 0 Å². The van der Waals surface area contributed by atoms with Crippen LogP contribution in [0.1, 0.15) is 5.69 Å². The molecule has 0 bridgehead atoms. The van der Waals surface area contributed by atoms with E-state index in [-0.39, 0.29) is 17.3 Å². The first-order chi connectivity index (χ1) is 5.61. The molecule has 0 unspecified atom stereocenters. The molecule has 6 heteroatoms. The zero-order valence-corrected chi connectivity index (χ0v) is 6.02. The number of nitrogens with one attached hydrogen (secondary N) is 1. The highest BCUT2D eigenvalue weighted by atomic mass is 16.6. The van der Waals surface area contributed by atoms with Crippen LogP contribution in [0, 0.1) is 15.5 Å². The van der Waals surface area contributed by atoms with E-state index in [1.165, 1.54) is 18.2 Å². The van der Waals surface area contributed by atoms with Crippen LogP contribution in [-0.2, 0) is 0 Å². The van der Waals surface area contributed by atoms with Gasteiger partial charge in [0.05, 0.1) is 0 Å². The number of rotatable bonds is 2. The van der Waals surface area contributed by atoms with Crippen molar-refractivity contribution >= 4 is 11.7 Å². The maximum Gasteiger partial charge on any atom is 0.364 e. The minimum absolute atomic E-state index is 0.115. The molecule has 0 atom stereocenters. The van der Waals surface area contributed by atoms with Crippen molar-refractivity contribution < 1.29 is 4.92 Å². The van der Waals surface area contributed by atoms with Crippen molar-refractivity contribution in [3.8, 4) is 0 Å². The van der Waals surface area contributed by atoms with Crippen LogP contribution in [0.4, 0.5) is 5.82 Å². The van der Waals surface area contributed by atoms with Crippen molar-refractivity contribution in [2.24, 2.45) is 5.73 Å². The fourth-order valence-electron chi connectivity index (χ4n) is 0.675. The number of nitrogens with zero attached hydrogens (tertiary/aromatic N) is 2. The molecule has 0 amide bonds. The van der Waals surface area contributed by atoms with Gasteiger partial charge in [0.15, 0.2) is 5.84 Å². The third-order valence-electron chi connectivity index (χ3n) is 1.20. The Labute approximate surface area is 67.7 Å². The minimum Gasteiger partial charge on any atom is -0.380 e. The van der Waals surface area contributed by atoms with Crippen LogP contribution in [0.3, 0.4) is 0 Å². The molecule has 0 aliphatic carbocycles. The van der Waals surface area contributed by atoms with Gasteiger partial charge < -0.3 is 15.8 Å². The van der Waals surface area contributed by atoms with Gasteiger partial charge in [0.25, 0.3) is 0 Å². The summed E-state index contributed by atoms with van der Waals surface area (Å²) < 4.78 is 0. The predicted molar refractivity (Wildman–Crippen MR) is 41.9 cm³/mol. The molecule has 6 nitrogen and oxygen atoms in total. The second-order valence-electron chi connectivity index (χ2n) is 2.05. The lowest BCUT2D eigenvalue weighted by Gasteiger charge is -1.92. The van der Waals surface area contributed by atoms with Crippen molar-refractivity contribution in [3.05, 3.63) is 34.0 Å². The first-order valence-electron chi connectivity index (χ1n) is 3.07. The second-order valence-corrected chi connectivity index (χ2v) is 2.05. The third kappa shape index (κ3) is 1.54. The van der Waals surface area contributed by atoms with Gasteiger partial charge in [-0.15, -0.1) is 0 Å². The van der Waals surface area contributed by atoms with Gasteiger partial charge in [0, 0.05) is 6.07 Å². The molecule has 3 N–H and O–H groups in total. The molecule has 1 rings (SSSR count). The van der Waals surface area contributed by atoms with Gasteiger partial charge in [-0.1, -0.05) is 0 Å². The van der Waals surface area contributed by atoms with Crippen LogP contribution in [-0.4, -0.2) is 15.7 Å². The summed E-state index contributed by atoms with van der Waals surface area (Å²) >= 11 is 0. The summed E-state index contributed by atoms with van der Waals surface area (Å²) in [5.41, 5.74) is 5.20. The Bertz CT molecular complexity index is 307. The zero-order valence-electron chi connectivity index (χ0n) is 6.02. The summed E-state index contributed by atoms with van der Waals surface area (Å²) in [6.45, 7) is 0. The third-order valence-corrected chi connectivity index (χ3v) is 1.20. The van der Waals surface area contributed by atoms with Crippen molar-refractivity contribution in [3.63, 3.8) is 0 Å². The summed E-state index contributed by atoms with van der Waals surface area (Å²) in [6, 6.07) is 4.11. The highest BCUT2D eigenvalue weighted by Gasteiger charge is 2.10. The van der Waals surface area contributed by atoms with Crippen molar-refractivity contribution in [1.82, 2.24) is 4.98 Å². The van der Waals surface area contributed by atoms with Crippen LogP contribution in [0.5, 0.6) is 0 Å². The highest BCUT2D eigenvalue weighted by Crippen LogP contribution is 2.06. The Balaban J connectivity index is 3.12. The van der Waals surface area contributed by atoms with Crippen LogP contribution in [0.2, 0.25) is 0 Å². The highest BCUT2D eigenvalue weighted by molar-refractivity contribution is 5.93. The lowest BCUT2D eigenvalue weighted by Crippen LogP contribution is -2.13. The number of nitrogen functional groups attached to an aromatic ring is 1. The van der Waals surface area contributed by atoms with E-state index in [0.29, 0.717) is 0 Å². The number of aromatic nitrogens is 1. The zero-order chi connectivity index (χ0) is 9.14. The van der Waals surface area contributed by atoms with Crippen molar-refractivity contribution in [2.75, 3.05) is 0 Å². The molecule has 12 heavy (non-hydrogen) atoms. The summed E-state index contributed by atoms with van der Waals surface area (Å²) in [5, 5.41) is 17.2. The number of amidine groups is 1. The topological polar surface area (TPSA) is 106 Å². The normalized spacial score (nSPS) is 9.33. The SMILES string of the molecule is N=C(N)c1cccc([N+](=O)[O-])n1. The molecule has 1 aromatic rings. The largest absolute Gasteiger partial charge is 0.380 e. The molecule has 0 saturated carbocycles. The van der Waals surface area contributed by atoms with Gasteiger partial charge in [-0.3, -0.25) is 5.41 Å². The summed E-state index contributed by atoms with van der Waals surface area (Å²) in [7, 11) is 0. The Morgan fingerprint density at radius 3 is 2.83 bits per heavy atom. The molecule has 0 aliphatic rings. The molecular weight excluding hydrogens is 160 g/mol. The molecule has 1 heterocycles. The van der Waals surface area contributed by atoms with Gasteiger partial charge >= 0.3 is 5.82 Å². The van der Waals surface area contributed by atoms with E-state index in [1.54, 1.807) is 0 Å². The van der Waals surface area contributed by atoms with E-state index in [4.69, 9.17) is 11.1 Å². The standard InChI is InChI=1S/C6H6N4O2/c7-6(8)4-2-1-3-5(9-4)10(11)12/h1-3H,(H3,7,8). The van der Waals surface area contributed by atoms with E-state index in [2.05, 4.69) is 4.98 Å². The van der Waals surface area contributed by atoms with Crippen LogP contribution >= 0.6 is 0 Å². The van der Waals surface area contributed by atoms with Gasteiger partial charge in [-0.2, -0.15) is 0 Å². The van der Waals surface area contributed by atoms with Gasteiger partial charge in [0.1, 0.15) is 0 Å². The smallest absolute Gasteiger partial charge is 0.364 e. The molecule has 0 aromatic carbocycles. The predicted octanol–water partition coefficient (Wildman–Crippen LogP) is 0.274. The Morgan fingerprint density at radius 1 is 1.67 bits per heavy atom. The number of hydrogen-bond acceptors (Lipinski definition) is 4. The number of pyridine rings is 1. The molecule has 0 saturated heterocycles. The number of nitrogens with two attached hydrogens (primary N) is 1. The summed E-state index contributed by atoms with van der Waals surface area (Å²) in [5.74, 6) is -0.582. The van der Waals surface area contributed by atoms with E-state index in [9.17, 15) is 10.1 Å². The molecule has 0 aliphatic heterocycles. The molecule has 0 spiro atoms. The lowest BCUT2D eigenvalue weighted by atomic mass is 10.3.